The molecular weight excluding hydrogens is 340 g/mol. The standard InChI is InChI=1S/C14H9Cl2F3N2O/c15-7-2-1-3-8(16)14(7)20-6-11(22)21-10-5-4-9(17)12(18)13(10)19/h1-5,20H,6H2,(H,21,22). The molecule has 0 heterocycles. The quantitative estimate of drug-likeness (QED) is 0.801. The van der Waals surface area contributed by atoms with Crippen molar-refractivity contribution >= 4 is 40.5 Å². The summed E-state index contributed by atoms with van der Waals surface area (Å²) in [5.41, 5.74) is -0.123. The molecule has 22 heavy (non-hydrogen) atoms. The summed E-state index contributed by atoms with van der Waals surface area (Å²) in [6.45, 7) is -0.290. The molecule has 0 radical (unpaired) electrons. The predicted octanol–water partition coefficient (Wildman–Crippen LogP) is 4.46. The Bertz CT molecular complexity index is 705. The highest BCUT2D eigenvalue weighted by atomic mass is 35.5. The summed E-state index contributed by atoms with van der Waals surface area (Å²) in [4.78, 5) is 11.7. The minimum atomic E-state index is -1.65. The molecule has 8 heteroatoms. The van der Waals surface area contributed by atoms with Gasteiger partial charge in [0.15, 0.2) is 17.5 Å². The molecule has 2 aromatic carbocycles. The van der Waals surface area contributed by atoms with Crippen LogP contribution in [0.15, 0.2) is 30.3 Å². The summed E-state index contributed by atoms with van der Waals surface area (Å²) in [7, 11) is 0. The molecule has 2 N–H and O–H groups in total. The number of halogens is 5. The van der Waals surface area contributed by atoms with Gasteiger partial charge in [-0.05, 0) is 24.3 Å². The third-order valence-corrected chi connectivity index (χ3v) is 3.33. The number of amides is 1. The van der Waals surface area contributed by atoms with Crippen molar-refractivity contribution in [3.8, 4) is 0 Å². The molecule has 0 bridgehead atoms. The number of rotatable bonds is 4. The fourth-order valence-electron chi connectivity index (χ4n) is 1.65. The van der Waals surface area contributed by atoms with Crippen LogP contribution in [-0.4, -0.2) is 12.5 Å². The van der Waals surface area contributed by atoms with E-state index in [0.717, 1.165) is 6.07 Å². The highest BCUT2D eigenvalue weighted by Crippen LogP contribution is 2.29. The Labute approximate surface area is 134 Å². The fraction of sp³-hybridized carbons (Fsp3) is 0.0714. The maximum absolute atomic E-state index is 13.4. The lowest BCUT2D eigenvalue weighted by Gasteiger charge is -2.11. The second kappa shape index (κ2) is 6.89. The van der Waals surface area contributed by atoms with Gasteiger partial charge in [0.2, 0.25) is 5.91 Å². The molecule has 2 aromatic rings. The zero-order valence-electron chi connectivity index (χ0n) is 10.9. The van der Waals surface area contributed by atoms with E-state index >= 15 is 0 Å². The number of anilines is 2. The Hall–Kier alpha value is -1.92. The molecule has 0 aliphatic carbocycles. The van der Waals surface area contributed by atoms with E-state index in [0.29, 0.717) is 21.8 Å². The Morgan fingerprint density at radius 1 is 1.00 bits per heavy atom. The van der Waals surface area contributed by atoms with Crippen LogP contribution in [0, 0.1) is 17.5 Å². The number of hydrogen-bond donors (Lipinski definition) is 2. The van der Waals surface area contributed by atoms with E-state index in [1.54, 1.807) is 18.2 Å². The van der Waals surface area contributed by atoms with Crippen molar-refractivity contribution < 1.29 is 18.0 Å². The van der Waals surface area contributed by atoms with Crippen molar-refractivity contribution in [2.45, 2.75) is 0 Å². The summed E-state index contributed by atoms with van der Waals surface area (Å²) in [5, 5.41) is 5.41. The topological polar surface area (TPSA) is 41.1 Å². The molecule has 0 saturated heterocycles. The molecule has 116 valence electrons. The highest BCUT2D eigenvalue weighted by molar-refractivity contribution is 6.39. The Morgan fingerprint density at radius 3 is 2.27 bits per heavy atom. The monoisotopic (exact) mass is 348 g/mol. The highest BCUT2D eigenvalue weighted by Gasteiger charge is 2.15. The summed E-state index contributed by atoms with van der Waals surface area (Å²) in [6.07, 6.45) is 0. The minimum Gasteiger partial charge on any atom is -0.374 e. The van der Waals surface area contributed by atoms with Gasteiger partial charge < -0.3 is 10.6 Å². The first-order chi connectivity index (χ1) is 10.4. The van der Waals surface area contributed by atoms with Gasteiger partial charge in [0.25, 0.3) is 0 Å². The van der Waals surface area contributed by atoms with E-state index < -0.39 is 29.0 Å². The lowest BCUT2D eigenvalue weighted by atomic mass is 10.2. The molecule has 0 aliphatic rings. The normalized spacial score (nSPS) is 10.4. The van der Waals surface area contributed by atoms with Gasteiger partial charge in [-0.25, -0.2) is 13.2 Å². The predicted molar refractivity (Wildman–Crippen MR) is 79.9 cm³/mol. The number of para-hydroxylation sites is 1. The van der Waals surface area contributed by atoms with Crippen LogP contribution in [0.3, 0.4) is 0 Å². The SMILES string of the molecule is O=C(CNc1c(Cl)cccc1Cl)Nc1ccc(F)c(F)c1F. The second-order valence-electron chi connectivity index (χ2n) is 4.22. The Kier molecular flexibility index (Phi) is 5.15. The van der Waals surface area contributed by atoms with Crippen molar-refractivity contribution in [3.63, 3.8) is 0 Å². The van der Waals surface area contributed by atoms with Crippen molar-refractivity contribution in [2.75, 3.05) is 17.2 Å². The van der Waals surface area contributed by atoms with Crippen LogP contribution >= 0.6 is 23.2 Å². The largest absolute Gasteiger partial charge is 0.374 e. The molecule has 2 rings (SSSR count). The molecule has 0 aliphatic heterocycles. The van der Waals surface area contributed by atoms with E-state index in [2.05, 4.69) is 10.6 Å². The first-order valence-electron chi connectivity index (χ1n) is 6.01. The molecule has 0 unspecified atom stereocenters. The van der Waals surface area contributed by atoms with Crippen LogP contribution < -0.4 is 10.6 Å². The smallest absolute Gasteiger partial charge is 0.243 e. The van der Waals surface area contributed by atoms with Gasteiger partial charge in [-0.1, -0.05) is 29.3 Å². The van der Waals surface area contributed by atoms with Gasteiger partial charge in [0, 0.05) is 0 Å². The number of nitrogens with one attached hydrogen (secondary N) is 2. The molecule has 0 aromatic heterocycles. The molecule has 3 nitrogen and oxygen atoms in total. The van der Waals surface area contributed by atoms with Gasteiger partial charge in [-0.15, -0.1) is 0 Å². The molecule has 0 saturated carbocycles. The molecule has 0 spiro atoms. The first-order valence-corrected chi connectivity index (χ1v) is 6.77. The third-order valence-electron chi connectivity index (χ3n) is 2.70. The second-order valence-corrected chi connectivity index (χ2v) is 5.04. The summed E-state index contributed by atoms with van der Waals surface area (Å²) in [6, 6.07) is 6.42. The van der Waals surface area contributed by atoms with Gasteiger partial charge in [-0.2, -0.15) is 0 Å². The van der Waals surface area contributed by atoms with E-state index in [4.69, 9.17) is 23.2 Å². The maximum Gasteiger partial charge on any atom is 0.243 e. The lowest BCUT2D eigenvalue weighted by molar-refractivity contribution is -0.114. The molecular formula is C14H9Cl2F3N2O. The van der Waals surface area contributed by atoms with Crippen LogP contribution in [0.25, 0.3) is 0 Å². The molecule has 0 fully saturated rings. The maximum atomic E-state index is 13.4. The Morgan fingerprint density at radius 2 is 1.64 bits per heavy atom. The average molecular weight is 349 g/mol. The van der Waals surface area contributed by atoms with Crippen molar-refractivity contribution in [3.05, 3.63) is 57.8 Å². The van der Waals surface area contributed by atoms with Crippen LogP contribution in [0.4, 0.5) is 24.5 Å². The van der Waals surface area contributed by atoms with E-state index in [-0.39, 0.29) is 6.54 Å². The van der Waals surface area contributed by atoms with Gasteiger partial charge in [0.1, 0.15) is 0 Å². The summed E-state index contributed by atoms with van der Waals surface area (Å²) < 4.78 is 39.3. The fourth-order valence-corrected chi connectivity index (χ4v) is 2.18. The lowest BCUT2D eigenvalue weighted by Crippen LogP contribution is -2.22. The van der Waals surface area contributed by atoms with Crippen LogP contribution in [0.2, 0.25) is 10.0 Å². The number of benzene rings is 2. The minimum absolute atomic E-state index is 0.290. The third kappa shape index (κ3) is 3.64. The summed E-state index contributed by atoms with van der Waals surface area (Å²) in [5.74, 6) is -5.14. The van der Waals surface area contributed by atoms with Crippen molar-refractivity contribution in [1.29, 1.82) is 0 Å². The average Bonchev–Trinajstić information content (AvgIpc) is 2.47. The molecule has 1 amide bonds. The number of carbonyl (C=O) groups is 1. The zero-order chi connectivity index (χ0) is 16.3. The van der Waals surface area contributed by atoms with Gasteiger partial charge in [-0.3, -0.25) is 4.79 Å². The van der Waals surface area contributed by atoms with Gasteiger partial charge >= 0.3 is 0 Å². The number of carbonyl (C=O) groups excluding carboxylic acids is 1. The van der Waals surface area contributed by atoms with E-state index in [1.807, 2.05) is 0 Å². The Balaban J connectivity index is 2.04. The van der Waals surface area contributed by atoms with Crippen LogP contribution in [0.1, 0.15) is 0 Å². The van der Waals surface area contributed by atoms with Gasteiger partial charge in [0.05, 0.1) is 28.0 Å². The molecule has 0 atom stereocenters. The zero-order valence-corrected chi connectivity index (χ0v) is 12.4. The van der Waals surface area contributed by atoms with E-state index in [1.165, 1.54) is 0 Å². The van der Waals surface area contributed by atoms with Crippen LogP contribution in [0.5, 0.6) is 0 Å². The van der Waals surface area contributed by atoms with E-state index in [9.17, 15) is 18.0 Å². The van der Waals surface area contributed by atoms with Crippen molar-refractivity contribution in [2.24, 2.45) is 0 Å². The van der Waals surface area contributed by atoms with Crippen LogP contribution in [-0.2, 0) is 4.79 Å². The first kappa shape index (κ1) is 16.5. The summed E-state index contributed by atoms with van der Waals surface area (Å²) >= 11 is 11.8. The van der Waals surface area contributed by atoms with Crippen molar-refractivity contribution in [1.82, 2.24) is 0 Å². The number of hydrogen-bond acceptors (Lipinski definition) is 2.